The van der Waals surface area contributed by atoms with Crippen LogP contribution in [-0.2, 0) is 0 Å². The van der Waals surface area contributed by atoms with E-state index < -0.39 is 12.3 Å². The normalized spacial score (nSPS) is 42.0. The van der Waals surface area contributed by atoms with Gasteiger partial charge in [0.25, 0.3) is 0 Å². The molecule has 42 valence electrons. The topological polar surface area (TPSA) is 32.3 Å². The van der Waals surface area contributed by atoms with Gasteiger partial charge >= 0.3 is 0 Å². The zero-order valence-electron chi connectivity index (χ0n) is 3.89. The van der Waals surface area contributed by atoms with Gasteiger partial charge in [0, 0.05) is 13.1 Å². The van der Waals surface area contributed by atoms with Gasteiger partial charge in [0.15, 0.2) is 0 Å². The molecule has 7 heavy (non-hydrogen) atoms. The number of rotatable bonds is 0. The molecule has 0 amide bonds. The molecule has 0 aromatic carbocycles. The van der Waals surface area contributed by atoms with E-state index in [1.165, 1.54) is 0 Å². The van der Waals surface area contributed by atoms with E-state index in [0.717, 1.165) is 0 Å². The molecular formula is C4H8FNO. The van der Waals surface area contributed by atoms with Crippen molar-refractivity contribution in [1.29, 1.82) is 0 Å². The van der Waals surface area contributed by atoms with Gasteiger partial charge in [-0.3, -0.25) is 0 Å². The van der Waals surface area contributed by atoms with Crippen molar-refractivity contribution in [2.24, 2.45) is 0 Å². The summed E-state index contributed by atoms with van der Waals surface area (Å²) in [5.74, 6) is 0. The maximum absolute atomic E-state index is 12.0. The van der Waals surface area contributed by atoms with Gasteiger partial charge in [-0.1, -0.05) is 0 Å². The van der Waals surface area contributed by atoms with Crippen LogP contribution in [0.3, 0.4) is 0 Å². The predicted octanol–water partition coefficient (Wildman–Crippen LogP) is -0.711. The first-order chi connectivity index (χ1) is 3.30. The van der Waals surface area contributed by atoms with Crippen LogP contribution in [0.2, 0.25) is 0 Å². The number of halogens is 1. The molecule has 1 unspecified atom stereocenters. The van der Waals surface area contributed by atoms with E-state index in [1.54, 1.807) is 0 Å². The molecule has 0 aromatic heterocycles. The summed E-state index contributed by atoms with van der Waals surface area (Å²) in [6.07, 6.45) is -1.81. The number of alkyl halides is 1. The molecule has 2 nitrogen and oxygen atoms in total. The van der Waals surface area contributed by atoms with Gasteiger partial charge < -0.3 is 10.4 Å². The van der Waals surface area contributed by atoms with Crippen molar-refractivity contribution in [1.82, 2.24) is 5.32 Å². The maximum Gasteiger partial charge on any atom is 0.139 e. The van der Waals surface area contributed by atoms with E-state index in [9.17, 15) is 4.39 Å². The van der Waals surface area contributed by atoms with Crippen LogP contribution in [0, 0.1) is 0 Å². The molecule has 1 rings (SSSR count). The summed E-state index contributed by atoms with van der Waals surface area (Å²) in [5, 5.41) is 11.3. The Bertz CT molecular complexity index is 60.7. The fraction of sp³-hybridized carbons (Fsp3) is 1.00. The number of aliphatic hydroxyl groups is 1. The number of hydrogen-bond acceptors (Lipinski definition) is 2. The van der Waals surface area contributed by atoms with Crippen molar-refractivity contribution in [3.05, 3.63) is 0 Å². The van der Waals surface area contributed by atoms with Crippen LogP contribution < -0.4 is 5.32 Å². The lowest BCUT2D eigenvalue weighted by molar-refractivity contribution is 0.118. The van der Waals surface area contributed by atoms with Crippen LogP contribution >= 0.6 is 0 Å². The highest BCUT2D eigenvalue weighted by Gasteiger charge is 2.23. The van der Waals surface area contributed by atoms with Gasteiger partial charge in [0.2, 0.25) is 0 Å². The average Bonchev–Trinajstić information content (AvgIpc) is 1.91. The van der Waals surface area contributed by atoms with E-state index in [1.807, 2.05) is 0 Å². The smallest absolute Gasteiger partial charge is 0.139 e. The highest BCUT2D eigenvalue weighted by atomic mass is 19.1. The van der Waals surface area contributed by atoms with Crippen molar-refractivity contribution in [3.63, 3.8) is 0 Å². The second-order valence-corrected chi connectivity index (χ2v) is 1.74. The maximum atomic E-state index is 12.0. The van der Waals surface area contributed by atoms with E-state index in [4.69, 9.17) is 5.11 Å². The van der Waals surface area contributed by atoms with Crippen molar-refractivity contribution < 1.29 is 9.50 Å². The molecule has 1 aliphatic rings. The molecule has 0 aromatic rings. The minimum absolute atomic E-state index is 0.307. The summed E-state index contributed by atoms with van der Waals surface area (Å²) >= 11 is 0. The van der Waals surface area contributed by atoms with Crippen LogP contribution in [-0.4, -0.2) is 30.5 Å². The highest BCUT2D eigenvalue weighted by Crippen LogP contribution is 2.01. The Kier molecular flexibility index (Phi) is 1.25. The third-order valence-corrected chi connectivity index (χ3v) is 1.11. The minimum atomic E-state index is -1.04. The predicted molar refractivity (Wildman–Crippen MR) is 23.8 cm³/mol. The summed E-state index contributed by atoms with van der Waals surface area (Å²) < 4.78 is 12.0. The SMILES string of the molecule is O[C@H]1CNCC1F. The van der Waals surface area contributed by atoms with E-state index in [-0.39, 0.29) is 0 Å². The van der Waals surface area contributed by atoms with Gasteiger partial charge in [-0.25, -0.2) is 4.39 Å². The fourth-order valence-corrected chi connectivity index (χ4v) is 0.633. The van der Waals surface area contributed by atoms with Crippen molar-refractivity contribution in [3.8, 4) is 0 Å². The van der Waals surface area contributed by atoms with E-state index in [0.29, 0.717) is 13.1 Å². The monoisotopic (exact) mass is 105 g/mol. The molecule has 0 spiro atoms. The average molecular weight is 105 g/mol. The minimum Gasteiger partial charge on any atom is -0.389 e. The first kappa shape index (κ1) is 5.00. The lowest BCUT2D eigenvalue weighted by Crippen LogP contribution is -2.17. The van der Waals surface area contributed by atoms with Gasteiger partial charge in [-0.15, -0.1) is 0 Å². The molecular weight excluding hydrogens is 97.0 g/mol. The molecule has 0 saturated carbocycles. The van der Waals surface area contributed by atoms with Gasteiger partial charge in [-0.05, 0) is 0 Å². The van der Waals surface area contributed by atoms with Crippen molar-refractivity contribution in [2.75, 3.05) is 13.1 Å². The zero-order chi connectivity index (χ0) is 5.28. The van der Waals surface area contributed by atoms with Crippen molar-refractivity contribution in [2.45, 2.75) is 12.3 Å². The second kappa shape index (κ2) is 1.76. The first-order valence-corrected chi connectivity index (χ1v) is 2.33. The molecule has 2 atom stereocenters. The van der Waals surface area contributed by atoms with Gasteiger partial charge in [0.1, 0.15) is 6.17 Å². The summed E-state index contributed by atoms with van der Waals surface area (Å²) in [4.78, 5) is 0. The second-order valence-electron chi connectivity index (χ2n) is 1.74. The molecule has 0 aliphatic carbocycles. The lowest BCUT2D eigenvalue weighted by atomic mass is 10.3. The van der Waals surface area contributed by atoms with E-state index in [2.05, 4.69) is 5.32 Å². The standard InChI is InChI=1S/C4H8FNO/c5-3-1-6-2-4(3)7/h3-4,6-7H,1-2H2/t3?,4-/m0/s1. The first-order valence-electron chi connectivity index (χ1n) is 2.33. The Morgan fingerprint density at radius 1 is 1.57 bits per heavy atom. The van der Waals surface area contributed by atoms with Crippen LogP contribution in [0.15, 0.2) is 0 Å². The lowest BCUT2D eigenvalue weighted by Gasteiger charge is -1.98. The Balaban J connectivity index is 2.33. The Morgan fingerprint density at radius 3 is 2.43 bits per heavy atom. The summed E-state index contributed by atoms with van der Waals surface area (Å²) in [7, 11) is 0. The third kappa shape index (κ3) is 0.894. The van der Waals surface area contributed by atoms with Crippen LogP contribution in [0.1, 0.15) is 0 Å². The summed E-state index contributed by atoms with van der Waals surface area (Å²) in [5.41, 5.74) is 0. The summed E-state index contributed by atoms with van der Waals surface area (Å²) in [6, 6.07) is 0. The number of hydrogen-bond donors (Lipinski definition) is 2. The Morgan fingerprint density at radius 2 is 2.29 bits per heavy atom. The van der Waals surface area contributed by atoms with Crippen LogP contribution in [0.25, 0.3) is 0 Å². The molecule has 1 fully saturated rings. The largest absolute Gasteiger partial charge is 0.389 e. The summed E-state index contributed by atoms with van der Waals surface area (Å²) in [6.45, 7) is 0.711. The van der Waals surface area contributed by atoms with Crippen molar-refractivity contribution >= 4 is 0 Å². The van der Waals surface area contributed by atoms with E-state index >= 15 is 0 Å². The molecule has 0 bridgehead atoms. The number of β-amino-alcohol motifs (C(OH)–C–C–N with tert-alkyl or cyclic N) is 1. The fourth-order valence-electron chi connectivity index (χ4n) is 0.633. The Hall–Kier alpha value is -0.150. The zero-order valence-corrected chi connectivity index (χ0v) is 3.89. The van der Waals surface area contributed by atoms with Crippen LogP contribution in [0.5, 0.6) is 0 Å². The highest BCUT2D eigenvalue weighted by molar-refractivity contribution is 4.79. The molecule has 3 heteroatoms. The molecule has 1 heterocycles. The molecule has 0 radical (unpaired) electrons. The van der Waals surface area contributed by atoms with Gasteiger partial charge in [-0.2, -0.15) is 0 Å². The third-order valence-electron chi connectivity index (χ3n) is 1.11. The van der Waals surface area contributed by atoms with Gasteiger partial charge in [0.05, 0.1) is 6.10 Å². The molecule has 1 saturated heterocycles. The Labute approximate surface area is 41.3 Å². The number of aliphatic hydroxyl groups excluding tert-OH is 1. The molecule has 2 N–H and O–H groups in total. The van der Waals surface area contributed by atoms with Crippen LogP contribution in [0.4, 0.5) is 4.39 Å². The number of nitrogens with one attached hydrogen (secondary N) is 1. The quantitative estimate of drug-likeness (QED) is 0.426. The molecule has 1 aliphatic heterocycles.